The molecule has 0 spiro atoms. The number of benzene rings is 1. The minimum absolute atomic E-state index is 0.200. The fourth-order valence-electron chi connectivity index (χ4n) is 2.05. The van der Waals surface area contributed by atoms with E-state index in [1.165, 1.54) is 12.1 Å². The molecule has 0 saturated carbocycles. The highest BCUT2D eigenvalue weighted by Gasteiger charge is 2.42. The third-order valence-corrected chi connectivity index (χ3v) is 3.12. The first-order valence-corrected chi connectivity index (χ1v) is 6.65. The van der Waals surface area contributed by atoms with Gasteiger partial charge in [-0.05, 0) is 38.5 Å². The van der Waals surface area contributed by atoms with Crippen molar-refractivity contribution in [2.45, 2.75) is 31.9 Å². The van der Waals surface area contributed by atoms with Gasteiger partial charge in [-0.25, -0.2) is 9.59 Å². The highest BCUT2D eigenvalue weighted by Crippen LogP contribution is 2.30. The van der Waals surface area contributed by atoms with Gasteiger partial charge in [-0.2, -0.15) is 0 Å². The zero-order chi connectivity index (χ0) is 15.7. The lowest BCUT2D eigenvalue weighted by atomic mass is 9.87. The van der Waals surface area contributed by atoms with Crippen molar-refractivity contribution in [1.29, 1.82) is 0 Å². The standard InChI is InChI=1S/C15H19NO5/c1-14(2,3)21-13(19)16-15(8-20-9-15)11-6-4-10(5-7-11)12(17)18/h4-7H,8-9H2,1-3H3,(H,16,19)(H,17,18). The lowest BCUT2D eigenvalue weighted by Crippen LogP contribution is -2.60. The van der Waals surface area contributed by atoms with Gasteiger partial charge in [-0.15, -0.1) is 0 Å². The van der Waals surface area contributed by atoms with E-state index in [0.29, 0.717) is 13.2 Å². The highest BCUT2D eigenvalue weighted by molar-refractivity contribution is 5.87. The highest BCUT2D eigenvalue weighted by atomic mass is 16.6. The summed E-state index contributed by atoms with van der Waals surface area (Å²) in [5.41, 5.74) is -0.237. The minimum atomic E-state index is -0.986. The van der Waals surface area contributed by atoms with Crippen LogP contribution in [-0.4, -0.2) is 36.0 Å². The molecule has 1 aromatic rings. The van der Waals surface area contributed by atoms with E-state index >= 15 is 0 Å². The van der Waals surface area contributed by atoms with E-state index in [1.54, 1.807) is 32.9 Å². The number of rotatable bonds is 3. The average Bonchev–Trinajstić information content (AvgIpc) is 2.32. The third-order valence-electron chi connectivity index (χ3n) is 3.12. The quantitative estimate of drug-likeness (QED) is 0.891. The maximum Gasteiger partial charge on any atom is 0.408 e. The number of carbonyl (C=O) groups excluding carboxylic acids is 1. The molecule has 1 aliphatic heterocycles. The second kappa shape index (κ2) is 5.37. The predicted molar refractivity (Wildman–Crippen MR) is 75.3 cm³/mol. The number of ether oxygens (including phenoxy) is 2. The molecule has 0 unspecified atom stereocenters. The van der Waals surface area contributed by atoms with E-state index < -0.39 is 23.2 Å². The third kappa shape index (κ3) is 3.52. The minimum Gasteiger partial charge on any atom is -0.478 e. The zero-order valence-corrected chi connectivity index (χ0v) is 12.3. The van der Waals surface area contributed by atoms with Crippen molar-refractivity contribution in [2.75, 3.05) is 13.2 Å². The normalized spacial score (nSPS) is 16.7. The summed E-state index contributed by atoms with van der Waals surface area (Å²) in [6.45, 7) is 6.03. The number of carboxylic acid groups (broad SMARTS) is 1. The van der Waals surface area contributed by atoms with Crippen LogP contribution in [0, 0.1) is 0 Å². The van der Waals surface area contributed by atoms with Crippen molar-refractivity contribution in [3.8, 4) is 0 Å². The average molecular weight is 293 g/mol. The number of hydrogen-bond acceptors (Lipinski definition) is 4. The molecule has 0 atom stereocenters. The molecule has 2 N–H and O–H groups in total. The Balaban J connectivity index is 2.14. The maximum atomic E-state index is 11.9. The van der Waals surface area contributed by atoms with Crippen molar-refractivity contribution >= 4 is 12.1 Å². The topological polar surface area (TPSA) is 84.9 Å². The molecule has 1 fully saturated rings. The molecule has 2 rings (SSSR count). The van der Waals surface area contributed by atoms with E-state index in [2.05, 4.69) is 5.32 Å². The van der Waals surface area contributed by atoms with Gasteiger partial charge in [0.2, 0.25) is 0 Å². The fraction of sp³-hybridized carbons (Fsp3) is 0.467. The summed E-state index contributed by atoms with van der Waals surface area (Å²) in [5, 5.41) is 11.7. The summed E-state index contributed by atoms with van der Waals surface area (Å²) in [4.78, 5) is 22.8. The van der Waals surface area contributed by atoms with Crippen LogP contribution in [0.2, 0.25) is 0 Å². The number of amides is 1. The van der Waals surface area contributed by atoms with Crippen LogP contribution in [0.15, 0.2) is 24.3 Å². The Morgan fingerprint density at radius 3 is 2.19 bits per heavy atom. The molecule has 0 bridgehead atoms. The van der Waals surface area contributed by atoms with Crippen molar-refractivity contribution in [3.63, 3.8) is 0 Å². The van der Waals surface area contributed by atoms with Crippen LogP contribution in [0.4, 0.5) is 4.79 Å². The largest absolute Gasteiger partial charge is 0.478 e. The number of aromatic carboxylic acids is 1. The summed E-state index contributed by atoms with van der Waals surface area (Å²) < 4.78 is 10.5. The van der Waals surface area contributed by atoms with Crippen LogP contribution in [0.5, 0.6) is 0 Å². The molecule has 1 aromatic carbocycles. The van der Waals surface area contributed by atoms with E-state index in [1.807, 2.05) is 0 Å². The first kappa shape index (κ1) is 15.3. The summed E-state index contributed by atoms with van der Waals surface area (Å²) in [5.74, 6) is -0.986. The van der Waals surface area contributed by atoms with Gasteiger partial charge in [0.1, 0.15) is 11.1 Å². The molecule has 1 saturated heterocycles. The molecular weight excluding hydrogens is 274 g/mol. The van der Waals surface area contributed by atoms with Crippen molar-refractivity contribution in [1.82, 2.24) is 5.32 Å². The SMILES string of the molecule is CC(C)(C)OC(=O)NC1(c2ccc(C(=O)O)cc2)COC1. The van der Waals surface area contributed by atoms with Crippen LogP contribution in [0.3, 0.4) is 0 Å². The maximum absolute atomic E-state index is 11.9. The Kier molecular flexibility index (Phi) is 3.91. The van der Waals surface area contributed by atoms with Crippen LogP contribution in [0.25, 0.3) is 0 Å². The second-order valence-electron chi connectivity index (χ2n) is 6.08. The van der Waals surface area contributed by atoms with Crippen molar-refractivity contribution in [2.24, 2.45) is 0 Å². The van der Waals surface area contributed by atoms with Gasteiger partial charge in [-0.1, -0.05) is 12.1 Å². The molecule has 114 valence electrons. The molecule has 6 nitrogen and oxygen atoms in total. The van der Waals surface area contributed by atoms with E-state index in [-0.39, 0.29) is 5.56 Å². The number of hydrogen-bond donors (Lipinski definition) is 2. The smallest absolute Gasteiger partial charge is 0.408 e. The second-order valence-corrected chi connectivity index (χ2v) is 6.08. The first-order valence-electron chi connectivity index (χ1n) is 6.65. The predicted octanol–water partition coefficient (Wildman–Crippen LogP) is 2.13. The van der Waals surface area contributed by atoms with Gasteiger partial charge in [0, 0.05) is 0 Å². The molecular formula is C15H19NO5. The first-order chi connectivity index (χ1) is 9.72. The van der Waals surface area contributed by atoms with Crippen LogP contribution in [-0.2, 0) is 15.0 Å². The molecule has 1 heterocycles. The van der Waals surface area contributed by atoms with Crippen LogP contribution >= 0.6 is 0 Å². The summed E-state index contributed by atoms with van der Waals surface area (Å²) in [6.07, 6.45) is -0.520. The number of nitrogens with one attached hydrogen (secondary N) is 1. The number of carboxylic acids is 1. The molecule has 0 aromatic heterocycles. The molecule has 21 heavy (non-hydrogen) atoms. The van der Waals surface area contributed by atoms with Gasteiger partial charge >= 0.3 is 12.1 Å². The fourth-order valence-corrected chi connectivity index (χ4v) is 2.05. The summed E-state index contributed by atoms with van der Waals surface area (Å²) in [6, 6.07) is 6.38. The van der Waals surface area contributed by atoms with Gasteiger partial charge in [0.05, 0.1) is 18.8 Å². The van der Waals surface area contributed by atoms with E-state index in [0.717, 1.165) is 5.56 Å². The van der Waals surface area contributed by atoms with Gasteiger partial charge in [0.25, 0.3) is 0 Å². The Hall–Kier alpha value is -2.08. The number of carbonyl (C=O) groups is 2. The van der Waals surface area contributed by atoms with Gasteiger partial charge in [0.15, 0.2) is 0 Å². The lowest BCUT2D eigenvalue weighted by molar-refractivity contribution is -0.0797. The molecule has 0 aliphatic carbocycles. The van der Waals surface area contributed by atoms with Gasteiger partial charge < -0.3 is 19.9 Å². The summed E-state index contributed by atoms with van der Waals surface area (Å²) in [7, 11) is 0. The van der Waals surface area contributed by atoms with E-state index in [9.17, 15) is 9.59 Å². The Bertz CT molecular complexity index is 540. The van der Waals surface area contributed by atoms with Crippen LogP contribution in [0.1, 0.15) is 36.7 Å². The molecule has 0 radical (unpaired) electrons. The van der Waals surface area contributed by atoms with Crippen molar-refractivity contribution in [3.05, 3.63) is 35.4 Å². The van der Waals surface area contributed by atoms with Gasteiger partial charge in [-0.3, -0.25) is 0 Å². The van der Waals surface area contributed by atoms with E-state index in [4.69, 9.17) is 14.6 Å². The molecule has 1 amide bonds. The monoisotopic (exact) mass is 293 g/mol. The Morgan fingerprint density at radius 2 is 1.81 bits per heavy atom. The summed E-state index contributed by atoms with van der Waals surface area (Å²) >= 11 is 0. The van der Waals surface area contributed by atoms with Crippen LogP contribution < -0.4 is 5.32 Å². The zero-order valence-electron chi connectivity index (χ0n) is 12.3. The Morgan fingerprint density at radius 1 is 1.24 bits per heavy atom. The Labute approximate surface area is 123 Å². The lowest BCUT2D eigenvalue weighted by Gasteiger charge is -2.42. The molecule has 6 heteroatoms. The van der Waals surface area contributed by atoms with Crippen molar-refractivity contribution < 1.29 is 24.2 Å². The molecule has 1 aliphatic rings. The number of alkyl carbamates (subject to hydrolysis) is 1.